The van der Waals surface area contributed by atoms with E-state index in [1.165, 1.54) is 31.2 Å². The number of rotatable bonds is 15. The van der Waals surface area contributed by atoms with E-state index in [-0.39, 0.29) is 12.0 Å². The van der Waals surface area contributed by atoms with Crippen LogP contribution in [0.15, 0.2) is 24.3 Å². The quantitative estimate of drug-likeness (QED) is 0.477. The maximum atomic E-state index is 8.59. The lowest BCUT2D eigenvalue weighted by atomic mass is 9.76. The van der Waals surface area contributed by atoms with Crippen molar-refractivity contribution >= 4 is 0 Å². The summed E-state index contributed by atoms with van der Waals surface area (Å²) < 4.78 is 16.3. The van der Waals surface area contributed by atoms with Crippen LogP contribution in [0.2, 0.25) is 0 Å². The van der Waals surface area contributed by atoms with Gasteiger partial charge in [-0.15, -0.1) is 0 Å². The van der Waals surface area contributed by atoms with Gasteiger partial charge in [-0.05, 0) is 36.0 Å². The van der Waals surface area contributed by atoms with Gasteiger partial charge in [-0.25, -0.2) is 0 Å². The molecular formula is C21H36O4. The molecule has 4 heteroatoms. The molecule has 1 aromatic carbocycles. The van der Waals surface area contributed by atoms with Crippen molar-refractivity contribution in [3.63, 3.8) is 0 Å². The Kier molecular flexibility index (Phi) is 11.5. The van der Waals surface area contributed by atoms with Crippen LogP contribution in [-0.4, -0.2) is 44.7 Å². The van der Waals surface area contributed by atoms with E-state index in [4.69, 9.17) is 19.3 Å². The summed E-state index contributed by atoms with van der Waals surface area (Å²) in [5.41, 5.74) is 1.65. The van der Waals surface area contributed by atoms with E-state index in [1.807, 2.05) is 0 Å². The van der Waals surface area contributed by atoms with Crippen molar-refractivity contribution in [2.24, 2.45) is 0 Å². The smallest absolute Gasteiger partial charge is 0.119 e. The molecule has 0 radical (unpaired) electrons. The number of hydrogen-bond acceptors (Lipinski definition) is 4. The van der Waals surface area contributed by atoms with Crippen molar-refractivity contribution in [1.82, 2.24) is 0 Å². The molecule has 0 bridgehead atoms. The summed E-state index contributed by atoms with van der Waals surface area (Å²) in [6.45, 7) is 9.40. The molecule has 0 saturated heterocycles. The van der Waals surface area contributed by atoms with E-state index in [0.29, 0.717) is 33.0 Å². The summed E-state index contributed by atoms with van der Waals surface area (Å²) in [6, 6.07) is 8.53. The summed E-state index contributed by atoms with van der Waals surface area (Å²) in [7, 11) is 0. The standard InChI is InChI=1S/C21H36O4/c1-4-6-7-12-21(3,5-2)19-8-10-20(11-9-19)25-18-17-24-16-15-23-14-13-22/h8-11,22H,4-7,12-18H2,1-3H3. The maximum Gasteiger partial charge on any atom is 0.119 e. The molecule has 0 aliphatic rings. The lowest BCUT2D eigenvalue weighted by Gasteiger charge is -2.29. The van der Waals surface area contributed by atoms with Crippen molar-refractivity contribution in [2.45, 2.75) is 58.3 Å². The van der Waals surface area contributed by atoms with Gasteiger partial charge in [0.1, 0.15) is 12.4 Å². The van der Waals surface area contributed by atoms with Gasteiger partial charge in [0.25, 0.3) is 0 Å². The highest BCUT2D eigenvalue weighted by Crippen LogP contribution is 2.34. The van der Waals surface area contributed by atoms with E-state index in [2.05, 4.69) is 45.0 Å². The average Bonchev–Trinajstić information content (AvgIpc) is 2.64. The van der Waals surface area contributed by atoms with Crippen LogP contribution in [-0.2, 0) is 14.9 Å². The van der Waals surface area contributed by atoms with Gasteiger partial charge in [0, 0.05) is 0 Å². The van der Waals surface area contributed by atoms with E-state index < -0.39 is 0 Å². The summed E-state index contributed by atoms with van der Waals surface area (Å²) in [5, 5.41) is 8.59. The lowest BCUT2D eigenvalue weighted by molar-refractivity contribution is 0.0247. The minimum Gasteiger partial charge on any atom is -0.491 e. The zero-order valence-electron chi connectivity index (χ0n) is 16.3. The number of hydrogen-bond donors (Lipinski definition) is 1. The van der Waals surface area contributed by atoms with Crippen molar-refractivity contribution in [3.8, 4) is 5.75 Å². The molecule has 25 heavy (non-hydrogen) atoms. The van der Waals surface area contributed by atoms with E-state index in [1.54, 1.807) is 0 Å². The van der Waals surface area contributed by atoms with Gasteiger partial charge in [0.05, 0.1) is 33.0 Å². The third-order valence-electron chi connectivity index (χ3n) is 4.77. The normalized spacial score (nSPS) is 13.6. The summed E-state index contributed by atoms with van der Waals surface area (Å²) in [5.74, 6) is 0.885. The summed E-state index contributed by atoms with van der Waals surface area (Å²) in [6.07, 6.45) is 6.26. The van der Waals surface area contributed by atoms with Gasteiger partial charge in [-0.3, -0.25) is 0 Å². The molecule has 1 aromatic rings. The third-order valence-corrected chi connectivity index (χ3v) is 4.77. The largest absolute Gasteiger partial charge is 0.491 e. The molecule has 0 aromatic heterocycles. The molecule has 1 N–H and O–H groups in total. The van der Waals surface area contributed by atoms with Crippen molar-refractivity contribution in [1.29, 1.82) is 0 Å². The second-order valence-electron chi connectivity index (χ2n) is 6.69. The fourth-order valence-electron chi connectivity index (χ4n) is 2.85. The Morgan fingerprint density at radius 3 is 2.12 bits per heavy atom. The SMILES string of the molecule is CCCCCC(C)(CC)c1ccc(OCCOCCOCCO)cc1. The highest BCUT2D eigenvalue weighted by Gasteiger charge is 2.23. The van der Waals surface area contributed by atoms with Crippen LogP contribution < -0.4 is 4.74 Å². The second-order valence-corrected chi connectivity index (χ2v) is 6.69. The molecule has 0 amide bonds. The average molecular weight is 353 g/mol. The van der Waals surface area contributed by atoms with E-state index in [0.717, 1.165) is 12.2 Å². The van der Waals surface area contributed by atoms with Crippen molar-refractivity contribution in [3.05, 3.63) is 29.8 Å². The Hall–Kier alpha value is -1.10. The van der Waals surface area contributed by atoms with Gasteiger partial charge in [0.15, 0.2) is 0 Å². The minimum atomic E-state index is 0.0504. The van der Waals surface area contributed by atoms with Crippen LogP contribution >= 0.6 is 0 Å². The van der Waals surface area contributed by atoms with Gasteiger partial charge < -0.3 is 19.3 Å². The van der Waals surface area contributed by atoms with Crippen LogP contribution in [0.25, 0.3) is 0 Å². The number of aliphatic hydroxyl groups excluding tert-OH is 1. The number of unbranched alkanes of at least 4 members (excludes halogenated alkanes) is 2. The first-order chi connectivity index (χ1) is 12.2. The summed E-state index contributed by atoms with van der Waals surface area (Å²) >= 11 is 0. The van der Waals surface area contributed by atoms with Crippen molar-refractivity contribution in [2.75, 3.05) is 39.6 Å². The highest BCUT2D eigenvalue weighted by molar-refractivity contribution is 5.32. The zero-order chi connectivity index (χ0) is 18.4. The predicted octanol–water partition coefficient (Wildman–Crippen LogP) is 4.34. The monoisotopic (exact) mass is 352 g/mol. The van der Waals surface area contributed by atoms with Gasteiger partial charge in [-0.2, -0.15) is 0 Å². The second kappa shape index (κ2) is 13.2. The molecular weight excluding hydrogens is 316 g/mol. The molecule has 0 saturated carbocycles. The molecule has 0 aliphatic carbocycles. The molecule has 0 fully saturated rings. The van der Waals surface area contributed by atoms with Crippen LogP contribution in [0.3, 0.4) is 0 Å². The molecule has 1 rings (SSSR count). The Bertz CT molecular complexity index is 432. The molecule has 144 valence electrons. The lowest BCUT2D eigenvalue weighted by Crippen LogP contribution is -2.20. The topological polar surface area (TPSA) is 47.9 Å². The first-order valence-electron chi connectivity index (χ1n) is 9.66. The van der Waals surface area contributed by atoms with Crippen LogP contribution in [0.1, 0.15) is 58.4 Å². The first kappa shape index (κ1) is 21.9. The Morgan fingerprint density at radius 2 is 1.52 bits per heavy atom. The summed E-state index contributed by atoms with van der Waals surface area (Å²) in [4.78, 5) is 0. The highest BCUT2D eigenvalue weighted by atomic mass is 16.5. The molecule has 0 spiro atoms. The third kappa shape index (κ3) is 8.70. The zero-order valence-corrected chi connectivity index (χ0v) is 16.3. The first-order valence-corrected chi connectivity index (χ1v) is 9.66. The number of aliphatic hydroxyl groups is 1. The fourth-order valence-corrected chi connectivity index (χ4v) is 2.85. The van der Waals surface area contributed by atoms with E-state index >= 15 is 0 Å². The molecule has 0 aliphatic heterocycles. The Balaban J connectivity index is 2.32. The van der Waals surface area contributed by atoms with Crippen LogP contribution in [0.5, 0.6) is 5.75 Å². The van der Waals surface area contributed by atoms with Crippen molar-refractivity contribution < 1.29 is 19.3 Å². The van der Waals surface area contributed by atoms with Gasteiger partial charge >= 0.3 is 0 Å². The minimum absolute atomic E-state index is 0.0504. The molecule has 1 atom stereocenters. The van der Waals surface area contributed by atoms with Crippen LogP contribution in [0, 0.1) is 0 Å². The number of ether oxygens (including phenoxy) is 3. The number of benzene rings is 1. The molecule has 4 nitrogen and oxygen atoms in total. The van der Waals surface area contributed by atoms with Gasteiger partial charge in [0.2, 0.25) is 0 Å². The fraction of sp³-hybridized carbons (Fsp3) is 0.714. The molecule has 0 heterocycles. The van der Waals surface area contributed by atoms with Gasteiger partial charge in [-0.1, -0.05) is 52.2 Å². The Labute approximate surface area is 153 Å². The van der Waals surface area contributed by atoms with Crippen LogP contribution in [0.4, 0.5) is 0 Å². The Morgan fingerprint density at radius 1 is 0.880 bits per heavy atom. The maximum absolute atomic E-state index is 8.59. The molecule has 1 unspecified atom stereocenters. The van der Waals surface area contributed by atoms with E-state index in [9.17, 15) is 0 Å². The predicted molar refractivity (Wildman–Crippen MR) is 102 cm³/mol.